The minimum absolute atomic E-state index is 0.00184. The number of piperidine rings is 1. The second-order valence-electron chi connectivity index (χ2n) is 5.84. The van der Waals surface area contributed by atoms with Gasteiger partial charge < -0.3 is 15.3 Å². The fourth-order valence-electron chi connectivity index (χ4n) is 3.18. The average Bonchev–Trinajstić information content (AvgIpc) is 2.39. The highest BCUT2D eigenvalue weighted by Crippen LogP contribution is 2.21. The Morgan fingerprint density at radius 2 is 1.84 bits per heavy atom. The molecule has 5 nitrogen and oxygen atoms in total. The van der Waals surface area contributed by atoms with Gasteiger partial charge in [-0.25, -0.2) is 4.79 Å². The number of aliphatic carboxylic acids is 1. The molecule has 0 aromatic carbocycles. The van der Waals surface area contributed by atoms with Crippen molar-refractivity contribution in [1.82, 2.24) is 10.2 Å². The molecule has 1 saturated heterocycles. The van der Waals surface area contributed by atoms with Crippen LogP contribution in [0.1, 0.15) is 51.4 Å². The molecule has 2 aliphatic rings. The number of carboxylic acids is 1. The van der Waals surface area contributed by atoms with E-state index in [0.29, 0.717) is 12.6 Å². The lowest BCUT2D eigenvalue weighted by molar-refractivity contribution is -0.138. The topological polar surface area (TPSA) is 69.6 Å². The number of urea groups is 1. The van der Waals surface area contributed by atoms with E-state index >= 15 is 0 Å². The van der Waals surface area contributed by atoms with Crippen LogP contribution in [-0.2, 0) is 4.79 Å². The molecule has 2 amide bonds. The molecule has 2 N–H and O–H groups in total. The van der Waals surface area contributed by atoms with Gasteiger partial charge in [0, 0.05) is 25.6 Å². The third-order valence-electron chi connectivity index (χ3n) is 4.20. The first-order valence-corrected chi connectivity index (χ1v) is 7.42. The molecule has 1 saturated carbocycles. The molecule has 19 heavy (non-hydrogen) atoms. The summed E-state index contributed by atoms with van der Waals surface area (Å²) in [5, 5.41) is 11.9. The average molecular weight is 268 g/mol. The normalized spacial score (nSPS) is 25.1. The Bertz CT molecular complexity index is 327. The molecular weight excluding hydrogens is 244 g/mol. The van der Waals surface area contributed by atoms with E-state index in [1.54, 1.807) is 4.90 Å². The molecule has 1 aliphatic heterocycles. The third kappa shape index (κ3) is 4.40. The minimum atomic E-state index is -0.764. The van der Waals surface area contributed by atoms with E-state index in [1.807, 2.05) is 0 Å². The number of likely N-dealkylation sites (tertiary alicyclic amines) is 1. The van der Waals surface area contributed by atoms with Crippen LogP contribution in [0.5, 0.6) is 0 Å². The van der Waals surface area contributed by atoms with Crippen LogP contribution in [0, 0.1) is 5.92 Å². The van der Waals surface area contributed by atoms with E-state index < -0.39 is 5.97 Å². The first-order chi connectivity index (χ1) is 9.15. The van der Waals surface area contributed by atoms with E-state index in [2.05, 4.69) is 5.32 Å². The number of carbonyl (C=O) groups is 2. The van der Waals surface area contributed by atoms with E-state index in [9.17, 15) is 9.59 Å². The van der Waals surface area contributed by atoms with Gasteiger partial charge in [-0.1, -0.05) is 19.3 Å². The third-order valence-corrected chi connectivity index (χ3v) is 4.20. The Hall–Kier alpha value is -1.26. The van der Waals surface area contributed by atoms with Crippen LogP contribution in [0.2, 0.25) is 0 Å². The Labute approximate surface area is 114 Å². The van der Waals surface area contributed by atoms with Crippen LogP contribution in [0.15, 0.2) is 0 Å². The molecule has 1 unspecified atom stereocenters. The van der Waals surface area contributed by atoms with Crippen molar-refractivity contribution in [3.05, 3.63) is 0 Å². The van der Waals surface area contributed by atoms with E-state index in [4.69, 9.17) is 5.11 Å². The SMILES string of the molecule is O=C(O)CC1CCCN(C(=O)NC2CCCCC2)C1. The summed E-state index contributed by atoms with van der Waals surface area (Å²) in [6.45, 7) is 1.35. The molecule has 1 aliphatic carbocycles. The Morgan fingerprint density at radius 1 is 1.11 bits per heavy atom. The quantitative estimate of drug-likeness (QED) is 0.824. The predicted molar refractivity (Wildman–Crippen MR) is 72.0 cm³/mol. The first kappa shape index (κ1) is 14.2. The second-order valence-corrected chi connectivity index (χ2v) is 5.84. The second kappa shape index (κ2) is 6.78. The summed E-state index contributed by atoms with van der Waals surface area (Å²) in [5.74, 6) is -0.650. The summed E-state index contributed by atoms with van der Waals surface area (Å²) in [5.41, 5.74) is 0. The number of rotatable bonds is 3. The van der Waals surface area contributed by atoms with Gasteiger partial charge in [-0.15, -0.1) is 0 Å². The van der Waals surface area contributed by atoms with Gasteiger partial charge in [0.15, 0.2) is 0 Å². The highest BCUT2D eigenvalue weighted by Gasteiger charge is 2.26. The number of hydrogen-bond acceptors (Lipinski definition) is 2. The maximum atomic E-state index is 12.2. The van der Waals surface area contributed by atoms with Crippen LogP contribution < -0.4 is 5.32 Å². The van der Waals surface area contributed by atoms with Crippen molar-refractivity contribution in [3.8, 4) is 0 Å². The number of carboxylic acid groups (broad SMARTS) is 1. The van der Waals surface area contributed by atoms with Crippen LogP contribution in [0.4, 0.5) is 4.79 Å². The number of amides is 2. The van der Waals surface area contributed by atoms with Crippen molar-refractivity contribution in [2.24, 2.45) is 5.92 Å². The van der Waals surface area contributed by atoms with E-state index in [0.717, 1.165) is 32.2 Å². The lowest BCUT2D eigenvalue weighted by Gasteiger charge is -2.34. The number of carbonyl (C=O) groups excluding carboxylic acids is 1. The van der Waals surface area contributed by atoms with Crippen molar-refractivity contribution < 1.29 is 14.7 Å². The molecule has 0 radical (unpaired) electrons. The van der Waals surface area contributed by atoms with Crippen molar-refractivity contribution in [2.45, 2.75) is 57.4 Å². The maximum Gasteiger partial charge on any atom is 0.317 e. The molecular formula is C14H24N2O3. The van der Waals surface area contributed by atoms with Gasteiger partial charge in [0.25, 0.3) is 0 Å². The van der Waals surface area contributed by atoms with Gasteiger partial charge in [0.1, 0.15) is 0 Å². The summed E-state index contributed by atoms with van der Waals surface area (Å²) >= 11 is 0. The molecule has 2 rings (SSSR count). The Morgan fingerprint density at radius 3 is 2.53 bits per heavy atom. The molecule has 108 valence electrons. The molecule has 0 aromatic heterocycles. The summed E-state index contributed by atoms with van der Waals surface area (Å²) < 4.78 is 0. The summed E-state index contributed by atoms with van der Waals surface area (Å²) in [6.07, 6.45) is 7.84. The predicted octanol–water partition coefficient (Wildman–Crippen LogP) is 2.22. The van der Waals surface area contributed by atoms with Gasteiger partial charge in [0.05, 0.1) is 0 Å². The zero-order valence-corrected chi connectivity index (χ0v) is 11.4. The van der Waals surface area contributed by atoms with Gasteiger partial charge >= 0.3 is 12.0 Å². The zero-order valence-electron chi connectivity index (χ0n) is 11.4. The van der Waals surface area contributed by atoms with E-state index in [1.165, 1.54) is 19.3 Å². The van der Waals surface area contributed by atoms with Crippen molar-refractivity contribution >= 4 is 12.0 Å². The van der Waals surface area contributed by atoms with Gasteiger partial charge in [-0.2, -0.15) is 0 Å². The smallest absolute Gasteiger partial charge is 0.317 e. The first-order valence-electron chi connectivity index (χ1n) is 7.42. The molecule has 5 heteroatoms. The lowest BCUT2D eigenvalue weighted by atomic mass is 9.94. The maximum absolute atomic E-state index is 12.2. The zero-order chi connectivity index (χ0) is 13.7. The van der Waals surface area contributed by atoms with E-state index in [-0.39, 0.29) is 18.4 Å². The van der Waals surface area contributed by atoms with Crippen LogP contribution in [0.25, 0.3) is 0 Å². The Kier molecular flexibility index (Phi) is 5.05. The molecule has 0 bridgehead atoms. The Balaban J connectivity index is 1.79. The van der Waals surface area contributed by atoms with Crippen molar-refractivity contribution in [1.29, 1.82) is 0 Å². The molecule has 2 fully saturated rings. The number of nitrogens with one attached hydrogen (secondary N) is 1. The standard InChI is InChI=1S/C14H24N2O3/c17-13(18)9-11-5-4-8-16(10-11)14(19)15-12-6-2-1-3-7-12/h11-12H,1-10H2,(H,15,19)(H,17,18). The van der Waals surface area contributed by atoms with Gasteiger partial charge in [0.2, 0.25) is 0 Å². The number of nitrogens with zero attached hydrogens (tertiary/aromatic N) is 1. The fraction of sp³-hybridized carbons (Fsp3) is 0.857. The molecule has 1 atom stereocenters. The lowest BCUT2D eigenvalue weighted by Crippen LogP contribution is -2.49. The summed E-state index contributed by atoms with van der Waals surface area (Å²) in [6, 6.07) is 0.322. The van der Waals surface area contributed by atoms with Crippen molar-refractivity contribution in [2.75, 3.05) is 13.1 Å². The van der Waals surface area contributed by atoms with Gasteiger partial charge in [-0.05, 0) is 31.6 Å². The van der Waals surface area contributed by atoms with Crippen LogP contribution in [0.3, 0.4) is 0 Å². The monoisotopic (exact) mass is 268 g/mol. The largest absolute Gasteiger partial charge is 0.481 e. The summed E-state index contributed by atoms with van der Waals surface area (Å²) in [7, 11) is 0. The molecule has 0 spiro atoms. The minimum Gasteiger partial charge on any atom is -0.481 e. The van der Waals surface area contributed by atoms with Crippen LogP contribution in [-0.4, -0.2) is 41.1 Å². The fourth-order valence-corrected chi connectivity index (χ4v) is 3.18. The number of hydrogen-bond donors (Lipinski definition) is 2. The highest BCUT2D eigenvalue weighted by molar-refractivity contribution is 5.75. The summed E-state index contributed by atoms with van der Waals surface area (Å²) in [4.78, 5) is 24.7. The van der Waals surface area contributed by atoms with Crippen molar-refractivity contribution in [3.63, 3.8) is 0 Å². The van der Waals surface area contributed by atoms with Gasteiger partial charge in [-0.3, -0.25) is 4.79 Å². The highest BCUT2D eigenvalue weighted by atomic mass is 16.4. The molecule has 0 aromatic rings. The van der Waals surface area contributed by atoms with Crippen LogP contribution >= 0.6 is 0 Å². The molecule has 1 heterocycles.